The third-order valence-corrected chi connectivity index (χ3v) is 5.25. The van der Waals surface area contributed by atoms with Gasteiger partial charge in [-0.2, -0.15) is 0 Å². The largest absolute Gasteiger partial charge is 0.296 e. The quantitative estimate of drug-likeness (QED) is 0.558. The van der Waals surface area contributed by atoms with Gasteiger partial charge in [-0.05, 0) is 30.2 Å². The fourth-order valence-electron chi connectivity index (χ4n) is 2.68. The van der Waals surface area contributed by atoms with Crippen LogP contribution in [0.15, 0.2) is 55.1 Å². The molecule has 4 aromatic rings. The molecule has 140 valence electrons. The molecule has 0 spiro atoms. The summed E-state index contributed by atoms with van der Waals surface area (Å²) in [6, 6.07) is 9.27. The molecule has 4 rings (SSSR count). The number of rotatable bonds is 5. The van der Waals surface area contributed by atoms with E-state index in [0.717, 1.165) is 16.3 Å². The highest BCUT2D eigenvalue weighted by Crippen LogP contribution is 2.35. The van der Waals surface area contributed by atoms with E-state index in [9.17, 15) is 4.79 Å². The van der Waals surface area contributed by atoms with E-state index in [1.807, 2.05) is 18.2 Å². The molecule has 28 heavy (non-hydrogen) atoms. The van der Waals surface area contributed by atoms with Crippen LogP contribution < -0.4 is 5.32 Å². The summed E-state index contributed by atoms with van der Waals surface area (Å²) in [5.41, 5.74) is 2.52. The smallest absolute Gasteiger partial charge is 0.277 e. The highest BCUT2D eigenvalue weighted by Gasteiger charge is 2.20. The maximum atomic E-state index is 12.8. The molecule has 1 amide bonds. The van der Waals surface area contributed by atoms with Crippen LogP contribution in [0.4, 0.5) is 5.13 Å². The molecule has 1 N–H and O–H groups in total. The number of nitrogens with zero attached hydrogens (tertiary/aromatic N) is 6. The topological polar surface area (TPSA) is 98.5 Å². The van der Waals surface area contributed by atoms with E-state index in [4.69, 9.17) is 0 Å². The van der Waals surface area contributed by atoms with Crippen molar-refractivity contribution >= 4 is 22.4 Å². The zero-order chi connectivity index (χ0) is 19.5. The molecule has 0 unspecified atom stereocenters. The lowest BCUT2D eigenvalue weighted by molar-refractivity contribution is 0.101. The Morgan fingerprint density at radius 3 is 2.75 bits per heavy atom. The number of amides is 1. The maximum absolute atomic E-state index is 12.8. The second-order valence-electron chi connectivity index (χ2n) is 6.30. The van der Waals surface area contributed by atoms with Crippen molar-refractivity contribution in [2.24, 2.45) is 0 Å². The molecule has 0 saturated heterocycles. The Morgan fingerprint density at radius 2 is 2.04 bits per heavy atom. The van der Waals surface area contributed by atoms with Crippen LogP contribution in [0.1, 0.15) is 35.1 Å². The van der Waals surface area contributed by atoms with Crippen LogP contribution in [0, 0.1) is 0 Å². The van der Waals surface area contributed by atoms with Crippen LogP contribution in [0.25, 0.3) is 17.1 Å². The van der Waals surface area contributed by atoms with Gasteiger partial charge in [0.2, 0.25) is 0 Å². The van der Waals surface area contributed by atoms with Gasteiger partial charge in [0.1, 0.15) is 5.69 Å². The number of hydrogen-bond donors (Lipinski definition) is 1. The van der Waals surface area contributed by atoms with Gasteiger partial charge in [0, 0.05) is 17.3 Å². The summed E-state index contributed by atoms with van der Waals surface area (Å²) in [5, 5.41) is 11.2. The van der Waals surface area contributed by atoms with Crippen LogP contribution in [0.2, 0.25) is 0 Å². The van der Waals surface area contributed by atoms with Crippen molar-refractivity contribution in [3.05, 3.63) is 65.7 Å². The molecule has 9 heteroatoms. The molecule has 0 saturated carbocycles. The second-order valence-corrected chi connectivity index (χ2v) is 7.33. The number of nitrogens with one attached hydrogen (secondary N) is 1. The minimum Gasteiger partial charge on any atom is -0.296 e. The van der Waals surface area contributed by atoms with Crippen LogP contribution in [0.5, 0.6) is 0 Å². The van der Waals surface area contributed by atoms with Gasteiger partial charge in [0.05, 0.1) is 23.8 Å². The predicted octanol–water partition coefficient (Wildman–Crippen LogP) is 3.56. The Morgan fingerprint density at radius 1 is 1.14 bits per heavy atom. The predicted molar refractivity (Wildman–Crippen MR) is 107 cm³/mol. The van der Waals surface area contributed by atoms with Gasteiger partial charge in [0.25, 0.3) is 5.91 Å². The number of carbonyl (C=O) groups excluding carboxylic acids is 1. The minimum atomic E-state index is -0.342. The maximum Gasteiger partial charge on any atom is 0.277 e. The number of aromatic nitrogens is 6. The lowest BCUT2D eigenvalue weighted by Crippen LogP contribution is -2.17. The van der Waals surface area contributed by atoms with E-state index in [1.54, 1.807) is 30.7 Å². The van der Waals surface area contributed by atoms with Crippen molar-refractivity contribution in [1.29, 1.82) is 0 Å². The van der Waals surface area contributed by atoms with Crippen molar-refractivity contribution in [3.8, 4) is 17.1 Å². The van der Waals surface area contributed by atoms with E-state index in [0.29, 0.717) is 16.5 Å². The average Bonchev–Trinajstić information content (AvgIpc) is 3.37. The van der Waals surface area contributed by atoms with Gasteiger partial charge >= 0.3 is 0 Å². The Bertz CT molecular complexity index is 1090. The van der Waals surface area contributed by atoms with Crippen LogP contribution in [-0.2, 0) is 0 Å². The van der Waals surface area contributed by atoms with Crippen molar-refractivity contribution in [2.45, 2.75) is 19.8 Å². The van der Waals surface area contributed by atoms with Gasteiger partial charge < -0.3 is 0 Å². The molecule has 4 aromatic heterocycles. The molecule has 0 aliphatic carbocycles. The fraction of sp³-hybridized carbons (Fsp3) is 0.158. The van der Waals surface area contributed by atoms with Crippen molar-refractivity contribution < 1.29 is 4.79 Å². The van der Waals surface area contributed by atoms with Gasteiger partial charge in [-0.3, -0.25) is 20.1 Å². The lowest BCUT2D eigenvalue weighted by Gasteiger charge is -2.05. The Balaban J connectivity index is 1.64. The van der Waals surface area contributed by atoms with Crippen LogP contribution >= 0.6 is 11.3 Å². The van der Waals surface area contributed by atoms with E-state index in [1.165, 1.54) is 22.2 Å². The summed E-state index contributed by atoms with van der Waals surface area (Å²) in [4.78, 5) is 26.9. The highest BCUT2D eigenvalue weighted by atomic mass is 32.1. The normalized spacial score (nSPS) is 11.0. The standard InChI is InChI=1S/C19H17N7OS/c1-12(2)17-16(14-7-3-4-9-21-14)23-19(28-17)24-18(27)15-11-22-25-26(15)13-6-5-8-20-10-13/h3-12H,1-2H3,(H,23,24,27). The first kappa shape index (κ1) is 17.9. The van der Waals surface area contributed by atoms with E-state index in [-0.39, 0.29) is 11.8 Å². The van der Waals surface area contributed by atoms with Crippen LogP contribution in [-0.4, -0.2) is 35.9 Å². The molecule has 0 radical (unpaired) electrons. The minimum absolute atomic E-state index is 0.253. The monoisotopic (exact) mass is 391 g/mol. The molecule has 0 aliphatic heterocycles. The van der Waals surface area contributed by atoms with Gasteiger partial charge in [0.15, 0.2) is 10.8 Å². The molecule has 0 aliphatic rings. The molecule has 4 heterocycles. The summed E-state index contributed by atoms with van der Waals surface area (Å²) < 4.78 is 1.44. The van der Waals surface area contributed by atoms with Gasteiger partial charge in [-0.25, -0.2) is 9.67 Å². The average molecular weight is 391 g/mol. The molecule has 0 atom stereocenters. The van der Waals surface area contributed by atoms with E-state index in [2.05, 4.69) is 44.4 Å². The molecular weight excluding hydrogens is 374 g/mol. The van der Waals surface area contributed by atoms with E-state index < -0.39 is 0 Å². The number of anilines is 1. The summed E-state index contributed by atoms with van der Waals surface area (Å²) in [5.74, 6) is -0.0896. The number of thiazole rings is 1. The van der Waals surface area contributed by atoms with E-state index >= 15 is 0 Å². The first-order valence-electron chi connectivity index (χ1n) is 8.68. The first-order valence-corrected chi connectivity index (χ1v) is 9.49. The number of carbonyl (C=O) groups is 1. The highest BCUT2D eigenvalue weighted by molar-refractivity contribution is 7.16. The van der Waals surface area contributed by atoms with Crippen molar-refractivity contribution in [3.63, 3.8) is 0 Å². The van der Waals surface area contributed by atoms with Gasteiger partial charge in [-0.15, -0.1) is 16.4 Å². The lowest BCUT2D eigenvalue weighted by atomic mass is 10.1. The Kier molecular flexibility index (Phi) is 4.90. The third-order valence-electron chi connectivity index (χ3n) is 3.98. The first-order chi connectivity index (χ1) is 13.6. The Hall–Kier alpha value is -3.46. The zero-order valence-electron chi connectivity index (χ0n) is 15.3. The van der Waals surface area contributed by atoms with Gasteiger partial charge in [-0.1, -0.05) is 25.1 Å². The number of pyridine rings is 2. The summed E-state index contributed by atoms with van der Waals surface area (Å²) in [6.45, 7) is 4.18. The summed E-state index contributed by atoms with van der Waals surface area (Å²) >= 11 is 1.44. The van der Waals surface area contributed by atoms with Crippen molar-refractivity contribution in [2.75, 3.05) is 5.32 Å². The van der Waals surface area contributed by atoms with Crippen molar-refractivity contribution in [1.82, 2.24) is 29.9 Å². The summed E-state index contributed by atoms with van der Waals surface area (Å²) in [6.07, 6.45) is 6.42. The summed E-state index contributed by atoms with van der Waals surface area (Å²) in [7, 11) is 0. The van der Waals surface area contributed by atoms with Crippen LogP contribution in [0.3, 0.4) is 0 Å². The number of hydrogen-bond acceptors (Lipinski definition) is 7. The second kappa shape index (κ2) is 7.65. The molecule has 0 aromatic carbocycles. The SMILES string of the molecule is CC(C)c1sc(NC(=O)c2cnnn2-c2cccnc2)nc1-c1ccccn1. The molecule has 8 nitrogen and oxygen atoms in total. The Labute approximate surface area is 165 Å². The molecular formula is C19H17N7OS. The molecule has 0 fully saturated rings. The zero-order valence-corrected chi connectivity index (χ0v) is 16.1. The third kappa shape index (κ3) is 3.52. The molecule has 0 bridgehead atoms. The fourth-order valence-corrected chi connectivity index (χ4v) is 3.66.